The molecule has 6 heteroatoms. The summed E-state index contributed by atoms with van der Waals surface area (Å²) in [6.07, 6.45) is 2.34. The molecular formula is C26H28N4O2. The zero-order valence-corrected chi connectivity index (χ0v) is 18.3. The molecule has 0 atom stereocenters. The van der Waals surface area contributed by atoms with Crippen LogP contribution in [0.5, 0.6) is 0 Å². The van der Waals surface area contributed by atoms with Gasteiger partial charge in [-0.1, -0.05) is 42.5 Å². The van der Waals surface area contributed by atoms with Crippen LogP contribution in [0.1, 0.15) is 28.8 Å². The van der Waals surface area contributed by atoms with Crippen LogP contribution in [0.2, 0.25) is 0 Å². The highest BCUT2D eigenvalue weighted by molar-refractivity contribution is 5.93. The molecule has 0 aliphatic carbocycles. The van der Waals surface area contributed by atoms with Crippen LogP contribution < -0.4 is 5.32 Å². The van der Waals surface area contributed by atoms with Gasteiger partial charge in [-0.2, -0.15) is 0 Å². The van der Waals surface area contributed by atoms with E-state index in [2.05, 4.69) is 62.6 Å². The highest BCUT2D eigenvalue weighted by Crippen LogP contribution is 2.24. The fourth-order valence-electron chi connectivity index (χ4n) is 4.60. The minimum atomic E-state index is -0.348. The van der Waals surface area contributed by atoms with Gasteiger partial charge in [0, 0.05) is 13.1 Å². The van der Waals surface area contributed by atoms with Crippen molar-refractivity contribution in [1.29, 1.82) is 0 Å². The number of piperidine rings is 1. The van der Waals surface area contributed by atoms with Crippen LogP contribution in [0, 0.1) is 5.92 Å². The lowest BCUT2D eigenvalue weighted by Crippen LogP contribution is -2.35. The van der Waals surface area contributed by atoms with Crippen LogP contribution in [0.25, 0.3) is 21.8 Å². The first kappa shape index (κ1) is 20.5. The number of H-pyrrole nitrogens is 1. The first-order valence-electron chi connectivity index (χ1n) is 11.2. The zero-order chi connectivity index (χ0) is 21.9. The fourth-order valence-corrected chi connectivity index (χ4v) is 4.60. The number of nitrogens with zero attached hydrogens (tertiary/aromatic N) is 2. The quantitative estimate of drug-likeness (QED) is 0.431. The zero-order valence-electron chi connectivity index (χ0n) is 18.3. The van der Waals surface area contributed by atoms with Crippen molar-refractivity contribution in [3.05, 3.63) is 71.8 Å². The van der Waals surface area contributed by atoms with E-state index in [0.717, 1.165) is 43.2 Å². The molecule has 0 unspecified atom stereocenters. The summed E-state index contributed by atoms with van der Waals surface area (Å²) >= 11 is 0. The molecule has 2 heterocycles. The average molecular weight is 429 g/mol. The fraction of sp³-hybridized carbons (Fsp3) is 0.308. The number of imidazole rings is 1. The van der Waals surface area contributed by atoms with Gasteiger partial charge in [0.25, 0.3) is 0 Å². The van der Waals surface area contributed by atoms with Crippen LogP contribution in [0.4, 0.5) is 5.95 Å². The number of aromatic nitrogens is 2. The van der Waals surface area contributed by atoms with Gasteiger partial charge in [-0.05, 0) is 66.4 Å². The lowest BCUT2D eigenvalue weighted by atomic mass is 9.96. The Kier molecular flexibility index (Phi) is 5.77. The van der Waals surface area contributed by atoms with Crippen molar-refractivity contribution in [3.63, 3.8) is 0 Å². The number of esters is 1. The first-order valence-corrected chi connectivity index (χ1v) is 11.2. The number of methoxy groups -OCH3 is 1. The number of carbonyl (C=O) groups is 1. The van der Waals surface area contributed by atoms with Gasteiger partial charge in [-0.3, -0.25) is 4.90 Å². The van der Waals surface area contributed by atoms with Crippen molar-refractivity contribution in [2.24, 2.45) is 5.92 Å². The number of aromatic amines is 1. The van der Waals surface area contributed by atoms with Gasteiger partial charge in [-0.15, -0.1) is 0 Å². The molecule has 0 bridgehead atoms. The number of carbonyl (C=O) groups excluding carboxylic acids is 1. The molecular weight excluding hydrogens is 400 g/mol. The molecule has 1 saturated heterocycles. The number of nitrogens with one attached hydrogen (secondary N) is 2. The molecule has 32 heavy (non-hydrogen) atoms. The summed E-state index contributed by atoms with van der Waals surface area (Å²) in [6.45, 7) is 4.12. The van der Waals surface area contributed by atoms with Gasteiger partial charge in [0.15, 0.2) is 0 Å². The van der Waals surface area contributed by atoms with Crippen molar-refractivity contribution in [3.8, 4) is 0 Å². The number of ether oxygens (including phenoxy) is 1. The van der Waals surface area contributed by atoms with Crippen LogP contribution in [0.15, 0.2) is 60.7 Å². The second-order valence-electron chi connectivity index (χ2n) is 8.55. The lowest BCUT2D eigenvalue weighted by molar-refractivity contribution is 0.0601. The number of rotatable bonds is 6. The Bertz CT molecular complexity index is 1240. The van der Waals surface area contributed by atoms with E-state index in [1.54, 1.807) is 12.1 Å². The minimum absolute atomic E-state index is 0.348. The Balaban J connectivity index is 1.15. The number of likely N-dealkylation sites (tertiary alicyclic amines) is 1. The second-order valence-corrected chi connectivity index (χ2v) is 8.55. The smallest absolute Gasteiger partial charge is 0.337 e. The minimum Gasteiger partial charge on any atom is -0.465 e. The van der Waals surface area contributed by atoms with Crippen molar-refractivity contribution in [2.45, 2.75) is 19.4 Å². The van der Waals surface area contributed by atoms with Crippen LogP contribution in [0.3, 0.4) is 0 Å². The van der Waals surface area contributed by atoms with Crippen molar-refractivity contribution in [2.75, 3.05) is 32.1 Å². The predicted octanol–water partition coefficient (Wildman–Crippen LogP) is 4.83. The Morgan fingerprint density at radius 2 is 1.94 bits per heavy atom. The van der Waals surface area contributed by atoms with E-state index >= 15 is 0 Å². The average Bonchev–Trinajstić information content (AvgIpc) is 3.25. The summed E-state index contributed by atoms with van der Waals surface area (Å²) in [5, 5.41) is 6.13. The number of fused-ring (bicyclic) bond motifs is 2. The summed E-state index contributed by atoms with van der Waals surface area (Å²) in [5.41, 5.74) is 3.59. The predicted molar refractivity (Wildman–Crippen MR) is 128 cm³/mol. The molecule has 0 radical (unpaired) electrons. The Morgan fingerprint density at radius 3 is 2.78 bits per heavy atom. The van der Waals surface area contributed by atoms with Gasteiger partial charge >= 0.3 is 5.97 Å². The molecule has 164 valence electrons. The Morgan fingerprint density at radius 1 is 1.12 bits per heavy atom. The molecule has 4 aromatic rings. The van der Waals surface area contributed by atoms with Gasteiger partial charge in [-0.25, -0.2) is 9.78 Å². The van der Waals surface area contributed by atoms with Gasteiger partial charge < -0.3 is 15.0 Å². The molecule has 6 nitrogen and oxygen atoms in total. The van der Waals surface area contributed by atoms with Gasteiger partial charge in [0.2, 0.25) is 5.95 Å². The van der Waals surface area contributed by atoms with Crippen molar-refractivity contribution >= 4 is 33.7 Å². The number of hydrogen-bond acceptors (Lipinski definition) is 5. The van der Waals surface area contributed by atoms with Crippen molar-refractivity contribution in [1.82, 2.24) is 14.9 Å². The molecule has 1 aromatic heterocycles. The Hall–Kier alpha value is -3.38. The third-order valence-electron chi connectivity index (χ3n) is 6.44. The Labute approximate surface area is 187 Å². The monoisotopic (exact) mass is 428 g/mol. The normalized spacial score (nSPS) is 15.3. The summed E-state index contributed by atoms with van der Waals surface area (Å²) < 4.78 is 4.79. The SMILES string of the molecule is COC(=O)c1ccc2[nH]c(NCC3CCN(Cc4cccc5ccccc45)CC3)nc2c1. The van der Waals surface area contributed by atoms with Gasteiger partial charge in [0.1, 0.15) is 0 Å². The molecule has 1 aliphatic heterocycles. The lowest BCUT2D eigenvalue weighted by Gasteiger charge is -2.32. The second kappa shape index (κ2) is 9.01. The summed E-state index contributed by atoms with van der Waals surface area (Å²) in [4.78, 5) is 22.2. The maximum Gasteiger partial charge on any atom is 0.337 e. The standard InChI is InChI=1S/C26H28N4O2/c1-32-25(31)20-9-10-23-24(15-20)29-26(28-23)27-16-18-11-13-30(14-12-18)17-21-7-4-6-19-5-2-3-8-22(19)21/h2-10,15,18H,11-14,16-17H2,1H3,(H2,27,28,29). The molecule has 0 saturated carbocycles. The molecule has 3 aromatic carbocycles. The van der Waals surface area contributed by atoms with E-state index in [0.29, 0.717) is 11.5 Å². The molecule has 0 spiro atoms. The van der Waals surface area contributed by atoms with Crippen molar-refractivity contribution < 1.29 is 9.53 Å². The molecule has 2 N–H and O–H groups in total. The molecule has 1 fully saturated rings. The molecule has 1 aliphatic rings. The topological polar surface area (TPSA) is 70.2 Å². The third kappa shape index (κ3) is 4.32. The van der Waals surface area contributed by atoms with Crippen LogP contribution in [-0.2, 0) is 11.3 Å². The van der Waals surface area contributed by atoms with E-state index in [1.165, 1.54) is 36.3 Å². The summed E-state index contributed by atoms with van der Waals surface area (Å²) in [7, 11) is 1.39. The summed E-state index contributed by atoms with van der Waals surface area (Å²) in [6, 6.07) is 20.6. The molecule has 0 amide bonds. The third-order valence-corrected chi connectivity index (χ3v) is 6.44. The first-order chi connectivity index (χ1) is 15.7. The number of benzene rings is 3. The highest BCUT2D eigenvalue weighted by atomic mass is 16.5. The number of anilines is 1. The largest absolute Gasteiger partial charge is 0.465 e. The maximum atomic E-state index is 11.7. The molecule has 5 rings (SSSR count). The van der Waals surface area contributed by atoms with Crippen LogP contribution >= 0.6 is 0 Å². The van der Waals surface area contributed by atoms with Gasteiger partial charge in [0.05, 0.1) is 23.7 Å². The summed E-state index contributed by atoms with van der Waals surface area (Å²) in [5.74, 6) is 1.03. The van der Waals surface area contributed by atoms with Crippen LogP contribution in [-0.4, -0.2) is 47.6 Å². The van der Waals surface area contributed by atoms with E-state index < -0.39 is 0 Å². The number of hydrogen-bond donors (Lipinski definition) is 2. The van der Waals surface area contributed by atoms with E-state index in [-0.39, 0.29) is 5.97 Å². The maximum absolute atomic E-state index is 11.7. The highest BCUT2D eigenvalue weighted by Gasteiger charge is 2.20. The van der Waals surface area contributed by atoms with E-state index in [1.807, 2.05) is 6.07 Å². The van der Waals surface area contributed by atoms with E-state index in [4.69, 9.17) is 4.74 Å². The van der Waals surface area contributed by atoms with E-state index in [9.17, 15) is 4.79 Å².